The molecule has 1 saturated carbocycles. The molecule has 2 unspecified atom stereocenters. The first kappa shape index (κ1) is 16.6. The van der Waals surface area contributed by atoms with E-state index in [4.69, 9.17) is 4.74 Å². The number of nitrogens with zero attached hydrogens (tertiary/aromatic N) is 1. The van der Waals surface area contributed by atoms with Crippen molar-refractivity contribution < 1.29 is 9.53 Å². The fraction of sp³-hybridized carbons (Fsp3) is 0.941. The molecule has 1 amide bonds. The number of hydrogen-bond acceptors (Lipinski definition) is 3. The van der Waals surface area contributed by atoms with E-state index in [1.165, 1.54) is 19.3 Å². The van der Waals surface area contributed by atoms with Gasteiger partial charge in [-0.05, 0) is 64.7 Å². The minimum Gasteiger partial charge on any atom is -0.444 e. The normalized spacial score (nSPS) is 28.3. The lowest BCUT2D eigenvalue weighted by Gasteiger charge is -2.41. The van der Waals surface area contributed by atoms with Gasteiger partial charge in [-0.2, -0.15) is 0 Å². The second kappa shape index (κ2) is 6.15. The molecule has 122 valence electrons. The van der Waals surface area contributed by atoms with Crippen molar-refractivity contribution >= 4 is 6.09 Å². The molecule has 2 atom stereocenters. The van der Waals surface area contributed by atoms with Crippen LogP contribution < -0.4 is 5.32 Å². The minimum atomic E-state index is -0.413. The summed E-state index contributed by atoms with van der Waals surface area (Å²) in [5, 5.41) is 3.68. The zero-order valence-corrected chi connectivity index (χ0v) is 14.4. The van der Waals surface area contributed by atoms with Crippen molar-refractivity contribution in [3.63, 3.8) is 0 Å². The van der Waals surface area contributed by atoms with E-state index in [1.54, 1.807) is 0 Å². The second-order valence-corrected chi connectivity index (χ2v) is 8.32. The van der Waals surface area contributed by atoms with E-state index in [2.05, 4.69) is 19.2 Å². The molecule has 0 aromatic carbocycles. The van der Waals surface area contributed by atoms with Crippen LogP contribution in [0.5, 0.6) is 0 Å². The Morgan fingerprint density at radius 1 is 1.43 bits per heavy atom. The van der Waals surface area contributed by atoms with E-state index in [-0.39, 0.29) is 11.5 Å². The molecule has 1 aliphatic carbocycles. The Morgan fingerprint density at radius 3 is 2.67 bits per heavy atom. The Bertz CT molecular complexity index is 373. The molecule has 0 aromatic heterocycles. The van der Waals surface area contributed by atoms with E-state index in [0.29, 0.717) is 6.04 Å². The Morgan fingerprint density at radius 2 is 2.10 bits per heavy atom. The maximum atomic E-state index is 12.2. The fourth-order valence-electron chi connectivity index (χ4n) is 3.11. The Hall–Kier alpha value is -0.770. The quantitative estimate of drug-likeness (QED) is 0.864. The average molecular weight is 296 g/mol. The molecule has 2 fully saturated rings. The monoisotopic (exact) mass is 296 g/mol. The van der Waals surface area contributed by atoms with Gasteiger partial charge in [0.2, 0.25) is 0 Å². The van der Waals surface area contributed by atoms with Gasteiger partial charge in [0.05, 0.1) is 0 Å². The van der Waals surface area contributed by atoms with Gasteiger partial charge < -0.3 is 15.0 Å². The van der Waals surface area contributed by atoms with Crippen LogP contribution >= 0.6 is 0 Å². The summed E-state index contributed by atoms with van der Waals surface area (Å²) in [5.74, 6) is 0.874. The van der Waals surface area contributed by atoms with E-state index in [1.807, 2.05) is 25.7 Å². The number of nitrogens with one attached hydrogen (secondary N) is 1. The van der Waals surface area contributed by atoms with Crippen LogP contribution in [0, 0.1) is 11.3 Å². The van der Waals surface area contributed by atoms with Gasteiger partial charge in [0.15, 0.2) is 0 Å². The van der Waals surface area contributed by atoms with Crippen molar-refractivity contribution in [2.45, 2.75) is 71.9 Å². The number of carbonyl (C=O) groups is 1. The van der Waals surface area contributed by atoms with Crippen LogP contribution in [0.25, 0.3) is 0 Å². The third kappa shape index (κ3) is 5.17. The standard InChI is InChI=1S/C17H32N2O2/c1-13(14-7-8-14)18-11-17(5)9-6-10-19(12-17)15(20)21-16(2,3)4/h13-14,18H,6-12H2,1-5H3. The van der Waals surface area contributed by atoms with E-state index < -0.39 is 5.60 Å². The number of carbonyl (C=O) groups excluding carboxylic acids is 1. The number of rotatable bonds is 4. The van der Waals surface area contributed by atoms with Gasteiger partial charge in [0, 0.05) is 25.7 Å². The molecule has 0 aromatic rings. The molecule has 1 saturated heterocycles. The number of likely N-dealkylation sites (tertiary alicyclic amines) is 1. The lowest BCUT2D eigenvalue weighted by Crippen LogP contribution is -2.51. The highest BCUT2D eigenvalue weighted by molar-refractivity contribution is 5.68. The van der Waals surface area contributed by atoms with Crippen LogP contribution in [0.4, 0.5) is 4.79 Å². The average Bonchev–Trinajstić information content (AvgIpc) is 3.18. The van der Waals surface area contributed by atoms with Gasteiger partial charge in [-0.15, -0.1) is 0 Å². The van der Waals surface area contributed by atoms with Gasteiger partial charge in [0.1, 0.15) is 5.60 Å². The minimum absolute atomic E-state index is 0.163. The molecule has 0 spiro atoms. The molecule has 2 aliphatic rings. The van der Waals surface area contributed by atoms with Gasteiger partial charge in [-0.3, -0.25) is 0 Å². The highest BCUT2D eigenvalue weighted by Gasteiger charge is 2.36. The lowest BCUT2D eigenvalue weighted by molar-refractivity contribution is 0.00646. The van der Waals surface area contributed by atoms with Crippen molar-refractivity contribution in [1.82, 2.24) is 10.2 Å². The summed E-state index contributed by atoms with van der Waals surface area (Å²) in [6, 6.07) is 0.610. The molecule has 0 radical (unpaired) electrons. The number of ether oxygens (including phenoxy) is 1. The van der Waals surface area contributed by atoms with Crippen LogP contribution in [0.3, 0.4) is 0 Å². The Labute approximate surface area is 129 Å². The van der Waals surface area contributed by atoms with Crippen molar-refractivity contribution in [1.29, 1.82) is 0 Å². The highest BCUT2D eigenvalue weighted by atomic mass is 16.6. The molecule has 0 bridgehead atoms. The van der Waals surface area contributed by atoms with Crippen LogP contribution in [0.15, 0.2) is 0 Å². The third-order valence-corrected chi connectivity index (χ3v) is 4.61. The molecule has 2 rings (SSSR count). The maximum Gasteiger partial charge on any atom is 0.410 e. The van der Waals surface area contributed by atoms with Crippen molar-refractivity contribution in [2.75, 3.05) is 19.6 Å². The first-order valence-electron chi connectivity index (χ1n) is 8.40. The predicted molar refractivity (Wildman–Crippen MR) is 85.3 cm³/mol. The summed E-state index contributed by atoms with van der Waals surface area (Å²) in [6.07, 6.45) is 4.82. The maximum absolute atomic E-state index is 12.2. The van der Waals surface area contributed by atoms with Crippen LogP contribution in [-0.2, 0) is 4.74 Å². The topological polar surface area (TPSA) is 41.6 Å². The third-order valence-electron chi connectivity index (χ3n) is 4.61. The van der Waals surface area contributed by atoms with Crippen molar-refractivity contribution in [3.05, 3.63) is 0 Å². The molecular weight excluding hydrogens is 264 g/mol. The molecule has 1 N–H and O–H groups in total. The SMILES string of the molecule is CC(NCC1(C)CCCN(C(=O)OC(C)(C)C)C1)C1CC1. The van der Waals surface area contributed by atoms with Crippen LogP contribution in [0.2, 0.25) is 0 Å². The second-order valence-electron chi connectivity index (χ2n) is 8.32. The first-order chi connectivity index (χ1) is 9.69. The summed E-state index contributed by atoms with van der Waals surface area (Å²) in [5.41, 5.74) is -0.248. The van der Waals surface area contributed by atoms with Gasteiger partial charge in [-0.25, -0.2) is 4.79 Å². The summed E-state index contributed by atoms with van der Waals surface area (Å²) in [7, 11) is 0. The molecule has 1 heterocycles. The van der Waals surface area contributed by atoms with Gasteiger partial charge in [0.25, 0.3) is 0 Å². The summed E-state index contributed by atoms with van der Waals surface area (Å²) in [6.45, 7) is 13.0. The summed E-state index contributed by atoms with van der Waals surface area (Å²) in [4.78, 5) is 14.1. The number of hydrogen-bond donors (Lipinski definition) is 1. The van der Waals surface area contributed by atoms with Crippen molar-refractivity contribution in [2.24, 2.45) is 11.3 Å². The Kier molecular flexibility index (Phi) is 4.86. The van der Waals surface area contributed by atoms with E-state index in [0.717, 1.165) is 32.0 Å². The van der Waals surface area contributed by atoms with Crippen molar-refractivity contribution in [3.8, 4) is 0 Å². The van der Waals surface area contributed by atoms with Gasteiger partial charge in [-0.1, -0.05) is 6.92 Å². The molecule has 4 heteroatoms. The smallest absolute Gasteiger partial charge is 0.410 e. The Balaban J connectivity index is 1.84. The zero-order valence-electron chi connectivity index (χ0n) is 14.4. The van der Waals surface area contributed by atoms with Crippen LogP contribution in [-0.4, -0.2) is 42.3 Å². The predicted octanol–water partition coefficient (Wildman–Crippen LogP) is 3.41. The molecule has 21 heavy (non-hydrogen) atoms. The largest absolute Gasteiger partial charge is 0.444 e. The lowest BCUT2D eigenvalue weighted by atomic mass is 9.81. The number of piperidine rings is 1. The molecule has 1 aliphatic heterocycles. The fourth-order valence-corrected chi connectivity index (χ4v) is 3.11. The summed E-state index contributed by atoms with van der Waals surface area (Å²) < 4.78 is 5.51. The zero-order chi connectivity index (χ0) is 15.7. The van der Waals surface area contributed by atoms with Crippen LogP contribution in [0.1, 0.15) is 60.3 Å². The highest BCUT2D eigenvalue weighted by Crippen LogP contribution is 2.34. The number of amides is 1. The van der Waals surface area contributed by atoms with E-state index in [9.17, 15) is 4.79 Å². The molecular formula is C17H32N2O2. The summed E-state index contributed by atoms with van der Waals surface area (Å²) >= 11 is 0. The molecule has 4 nitrogen and oxygen atoms in total. The first-order valence-corrected chi connectivity index (χ1v) is 8.40. The van der Waals surface area contributed by atoms with Gasteiger partial charge >= 0.3 is 6.09 Å². The van der Waals surface area contributed by atoms with E-state index >= 15 is 0 Å².